The highest BCUT2D eigenvalue weighted by Gasteiger charge is 2.31. The molecule has 1 N–H and O–H groups in total. The number of ether oxygens (including phenoxy) is 1. The van der Waals surface area contributed by atoms with Crippen LogP contribution in [0.25, 0.3) is 0 Å². The molecule has 0 spiro atoms. The van der Waals surface area contributed by atoms with Crippen LogP contribution >= 0.6 is 11.6 Å². The summed E-state index contributed by atoms with van der Waals surface area (Å²) in [6.07, 6.45) is 6.35. The van der Waals surface area contributed by atoms with E-state index in [1.54, 1.807) is 6.20 Å². The molecule has 0 bridgehead atoms. The Labute approximate surface area is 120 Å². The normalized spacial score (nSPS) is 20.9. The van der Waals surface area contributed by atoms with E-state index < -0.39 is 0 Å². The molecule has 1 aromatic rings. The lowest BCUT2D eigenvalue weighted by Crippen LogP contribution is -2.34. The molecule has 0 saturated carbocycles. The Bertz CT molecular complexity index is 388. The quantitative estimate of drug-likeness (QED) is 0.836. The van der Waals surface area contributed by atoms with Crippen LogP contribution in [0.2, 0.25) is 5.02 Å². The van der Waals surface area contributed by atoms with Gasteiger partial charge in [0.1, 0.15) is 0 Å². The number of halogens is 1. The van der Waals surface area contributed by atoms with Crippen LogP contribution in [0.1, 0.15) is 51.3 Å². The van der Waals surface area contributed by atoms with Crippen LogP contribution in [0, 0.1) is 0 Å². The molecule has 0 amide bonds. The summed E-state index contributed by atoms with van der Waals surface area (Å²) in [7, 11) is 0. The van der Waals surface area contributed by atoms with E-state index in [0.29, 0.717) is 0 Å². The smallest absolute Gasteiger partial charge is 0.0835 e. The first-order valence-electron chi connectivity index (χ1n) is 7.34. The van der Waals surface area contributed by atoms with Crippen molar-refractivity contribution in [1.82, 2.24) is 15.1 Å². The van der Waals surface area contributed by atoms with Crippen LogP contribution in [0.15, 0.2) is 6.20 Å². The van der Waals surface area contributed by atoms with E-state index in [1.807, 2.05) is 4.68 Å². The third-order valence-corrected chi connectivity index (χ3v) is 3.81. The Morgan fingerprint density at radius 3 is 3.00 bits per heavy atom. The fraction of sp³-hybridized carbons (Fsp3) is 0.786. The molecule has 0 aromatic carbocycles. The van der Waals surface area contributed by atoms with Gasteiger partial charge in [-0.05, 0) is 32.2 Å². The molecular formula is C14H24ClN3O. The van der Waals surface area contributed by atoms with E-state index in [1.165, 1.54) is 0 Å². The number of hydrogen-bond acceptors (Lipinski definition) is 3. The molecule has 1 aliphatic heterocycles. The van der Waals surface area contributed by atoms with Crippen LogP contribution < -0.4 is 5.32 Å². The lowest BCUT2D eigenvalue weighted by molar-refractivity contribution is 0.0754. The first-order chi connectivity index (χ1) is 9.27. The molecule has 2 unspecified atom stereocenters. The number of aromatic nitrogens is 2. The summed E-state index contributed by atoms with van der Waals surface area (Å²) in [5, 5.41) is 8.73. The Kier molecular flexibility index (Phi) is 5.67. The van der Waals surface area contributed by atoms with E-state index in [4.69, 9.17) is 16.3 Å². The Hall–Kier alpha value is -0.580. The van der Waals surface area contributed by atoms with Crippen molar-refractivity contribution in [1.29, 1.82) is 0 Å². The average molecular weight is 286 g/mol. The molecule has 1 saturated heterocycles. The Morgan fingerprint density at radius 1 is 1.53 bits per heavy atom. The molecule has 5 heteroatoms. The van der Waals surface area contributed by atoms with Crippen LogP contribution in [0.3, 0.4) is 0 Å². The number of nitrogens with one attached hydrogen (secondary N) is 1. The zero-order chi connectivity index (χ0) is 13.7. The minimum Gasteiger partial charge on any atom is -0.376 e. The molecule has 0 aliphatic carbocycles. The summed E-state index contributed by atoms with van der Waals surface area (Å²) >= 11 is 6.35. The van der Waals surface area contributed by atoms with Crippen molar-refractivity contribution in [2.24, 2.45) is 0 Å². The van der Waals surface area contributed by atoms with E-state index in [2.05, 4.69) is 24.3 Å². The van der Waals surface area contributed by atoms with Crippen molar-refractivity contribution in [3.8, 4) is 0 Å². The van der Waals surface area contributed by atoms with Gasteiger partial charge in [-0.15, -0.1) is 0 Å². The van der Waals surface area contributed by atoms with Gasteiger partial charge in [0.25, 0.3) is 0 Å². The first kappa shape index (κ1) is 14.8. The zero-order valence-electron chi connectivity index (χ0n) is 11.9. The predicted octanol–water partition coefficient (Wildman–Crippen LogP) is 3.17. The molecule has 2 heterocycles. The van der Waals surface area contributed by atoms with Gasteiger partial charge in [0.05, 0.1) is 29.1 Å². The highest BCUT2D eigenvalue weighted by molar-refractivity contribution is 6.31. The lowest BCUT2D eigenvalue weighted by atomic mass is 10.0. The highest BCUT2D eigenvalue weighted by Crippen LogP contribution is 2.31. The minimum atomic E-state index is 0.156. The molecule has 4 nitrogen and oxygen atoms in total. The second-order valence-corrected chi connectivity index (χ2v) is 5.49. The molecule has 2 rings (SSSR count). The summed E-state index contributed by atoms with van der Waals surface area (Å²) in [4.78, 5) is 0. The zero-order valence-corrected chi connectivity index (χ0v) is 12.6. The van der Waals surface area contributed by atoms with Crippen LogP contribution in [-0.4, -0.2) is 29.0 Å². The van der Waals surface area contributed by atoms with E-state index in [-0.39, 0.29) is 12.1 Å². The molecule has 0 radical (unpaired) electrons. The molecule has 1 aliphatic rings. The van der Waals surface area contributed by atoms with Gasteiger partial charge >= 0.3 is 0 Å². The molecule has 19 heavy (non-hydrogen) atoms. The fourth-order valence-corrected chi connectivity index (χ4v) is 2.90. The molecule has 2 atom stereocenters. The van der Waals surface area contributed by atoms with Gasteiger partial charge in [0, 0.05) is 13.2 Å². The first-order valence-corrected chi connectivity index (χ1v) is 7.71. The van der Waals surface area contributed by atoms with Gasteiger partial charge in [0.2, 0.25) is 0 Å². The van der Waals surface area contributed by atoms with Gasteiger partial charge in [-0.2, -0.15) is 5.10 Å². The van der Waals surface area contributed by atoms with E-state index >= 15 is 0 Å². The molecule has 1 aromatic heterocycles. The summed E-state index contributed by atoms with van der Waals surface area (Å²) in [6.45, 7) is 7.05. The van der Waals surface area contributed by atoms with E-state index in [0.717, 1.165) is 56.1 Å². The van der Waals surface area contributed by atoms with Crippen molar-refractivity contribution < 1.29 is 4.74 Å². The number of nitrogens with zero attached hydrogens (tertiary/aromatic N) is 2. The van der Waals surface area contributed by atoms with Crippen molar-refractivity contribution in [2.45, 2.75) is 58.2 Å². The summed E-state index contributed by atoms with van der Waals surface area (Å²) in [5.74, 6) is 0. The lowest BCUT2D eigenvalue weighted by Gasteiger charge is -2.25. The summed E-state index contributed by atoms with van der Waals surface area (Å²) in [6, 6.07) is 0.156. The predicted molar refractivity (Wildman–Crippen MR) is 77.5 cm³/mol. The van der Waals surface area contributed by atoms with Gasteiger partial charge in [-0.3, -0.25) is 4.68 Å². The van der Waals surface area contributed by atoms with Crippen molar-refractivity contribution in [3.05, 3.63) is 16.9 Å². The van der Waals surface area contributed by atoms with Crippen molar-refractivity contribution >= 4 is 11.6 Å². The molecule has 108 valence electrons. The van der Waals surface area contributed by atoms with Gasteiger partial charge < -0.3 is 10.1 Å². The minimum absolute atomic E-state index is 0.156. The van der Waals surface area contributed by atoms with Crippen LogP contribution in [-0.2, 0) is 11.3 Å². The van der Waals surface area contributed by atoms with Crippen LogP contribution in [0.4, 0.5) is 0 Å². The standard InChI is InChI=1S/C14H24ClN3O/c1-3-7-16-13(12-6-5-9-19-12)14-11(15)10-17-18(14)8-4-2/h10,12-13,16H,3-9H2,1-2H3. The maximum absolute atomic E-state index is 6.35. The maximum Gasteiger partial charge on any atom is 0.0835 e. The Balaban J connectivity index is 2.22. The second kappa shape index (κ2) is 7.27. The number of rotatable bonds is 7. The molecular weight excluding hydrogens is 262 g/mol. The van der Waals surface area contributed by atoms with Gasteiger partial charge in [-0.25, -0.2) is 0 Å². The number of aryl methyl sites for hydroxylation is 1. The third kappa shape index (κ3) is 3.50. The van der Waals surface area contributed by atoms with Gasteiger partial charge in [0.15, 0.2) is 0 Å². The topological polar surface area (TPSA) is 39.1 Å². The third-order valence-electron chi connectivity index (χ3n) is 3.51. The van der Waals surface area contributed by atoms with Crippen LogP contribution in [0.5, 0.6) is 0 Å². The monoisotopic (exact) mass is 285 g/mol. The maximum atomic E-state index is 6.35. The largest absolute Gasteiger partial charge is 0.376 e. The summed E-state index contributed by atoms with van der Waals surface area (Å²) < 4.78 is 7.89. The van der Waals surface area contributed by atoms with Crippen molar-refractivity contribution in [2.75, 3.05) is 13.2 Å². The second-order valence-electron chi connectivity index (χ2n) is 5.08. The Morgan fingerprint density at radius 2 is 2.37 bits per heavy atom. The summed E-state index contributed by atoms with van der Waals surface area (Å²) in [5.41, 5.74) is 1.09. The van der Waals surface area contributed by atoms with Crippen molar-refractivity contribution in [3.63, 3.8) is 0 Å². The highest BCUT2D eigenvalue weighted by atomic mass is 35.5. The molecule has 1 fully saturated rings. The van der Waals surface area contributed by atoms with Gasteiger partial charge in [-0.1, -0.05) is 25.4 Å². The SMILES string of the molecule is CCCNC(c1c(Cl)cnn1CCC)C1CCCO1. The average Bonchev–Trinajstić information content (AvgIpc) is 3.03. The fourth-order valence-electron chi connectivity index (χ4n) is 2.64. The number of hydrogen-bond donors (Lipinski definition) is 1. The van der Waals surface area contributed by atoms with E-state index in [9.17, 15) is 0 Å².